The van der Waals surface area contributed by atoms with Crippen molar-refractivity contribution in [1.82, 2.24) is 15.2 Å². The van der Waals surface area contributed by atoms with Crippen molar-refractivity contribution < 1.29 is 14.3 Å². The third-order valence-electron chi connectivity index (χ3n) is 4.35. The Hall–Kier alpha value is -2.73. The van der Waals surface area contributed by atoms with E-state index < -0.39 is 12.1 Å². The number of nitrogens with zero attached hydrogens (tertiary/aromatic N) is 2. The molecule has 2 heterocycles. The van der Waals surface area contributed by atoms with Gasteiger partial charge in [0.1, 0.15) is 6.61 Å². The summed E-state index contributed by atoms with van der Waals surface area (Å²) in [5, 5.41) is 2.87. The molecule has 6 heteroatoms. The zero-order chi connectivity index (χ0) is 17.8. The van der Waals surface area contributed by atoms with Gasteiger partial charge < -0.3 is 15.0 Å². The second-order valence-corrected chi connectivity index (χ2v) is 6.17. The number of benzene rings is 1. The molecule has 1 N–H and O–H groups in total. The predicted octanol–water partition coefficient (Wildman–Crippen LogP) is 1.60. The van der Waals surface area contributed by atoms with Gasteiger partial charge in [-0.2, -0.15) is 0 Å². The average Bonchev–Trinajstić information content (AvgIpc) is 2.63. The van der Waals surface area contributed by atoms with Crippen LogP contribution in [0.25, 0.3) is 0 Å². The predicted molar refractivity (Wildman–Crippen MR) is 92.5 cm³/mol. The fourth-order valence-electron chi connectivity index (χ4n) is 2.89. The number of hydrogen-bond acceptors (Lipinski definition) is 4. The van der Waals surface area contributed by atoms with Gasteiger partial charge in [-0.25, -0.2) is 0 Å². The first-order chi connectivity index (χ1) is 12.1. The van der Waals surface area contributed by atoms with E-state index in [0.29, 0.717) is 6.54 Å². The Kier molecular flexibility index (Phi) is 5.09. The molecule has 0 radical (unpaired) electrons. The molecule has 1 aliphatic heterocycles. The smallest absolute Gasteiger partial charge is 0.251 e. The summed E-state index contributed by atoms with van der Waals surface area (Å²) in [6.45, 7) is 2.27. The summed E-state index contributed by atoms with van der Waals surface area (Å²) in [6, 6.07) is 11.1. The molecule has 25 heavy (non-hydrogen) atoms. The quantitative estimate of drug-likeness (QED) is 0.918. The lowest BCUT2D eigenvalue weighted by Crippen LogP contribution is -2.52. The van der Waals surface area contributed by atoms with Gasteiger partial charge in [-0.05, 0) is 24.1 Å². The monoisotopic (exact) mass is 339 g/mol. The fraction of sp³-hybridized carbons (Fsp3) is 0.316. The van der Waals surface area contributed by atoms with Crippen LogP contribution >= 0.6 is 0 Å². The van der Waals surface area contributed by atoms with Crippen LogP contribution in [0.15, 0.2) is 48.8 Å². The minimum atomic E-state index is -0.748. The number of likely N-dealkylation sites (N-methyl/N-ethyl adjacent to an activating group) is 1. The molecule has 6 nitrogen and oxygen atoms in total. The summed E-state index contributed by atoms with van der Waals surface area (Å²) < 4.78 is 5.59. The molecular weight excluding hydrogens is 318 g/mol. The zero-order valence-corrected chi connectivity index (χ0v) is 14.3. The Morgan fingerprint density at radius 3 is 2.76 bits per heavy atom. The standard InChI is InChI=1S/C19H21N3O3/c1-13-5-7-15(8-6-13)17-18(25-12-16(23)22(17)2)19(24)21-11-14-4-3-9-20-10-14/h3-10,17-18H,11-12H2,1-2H3,(H,21,24)/t17-,18+/m0/s1. The molecule has 1 aromatic heterocycles. The lowest BCUT2D eigenvalue weighted by molar-refractivity contribution is -0.162. The molecule has 1 saturated heterocycles. The SMILES string of the molecule is Cc1ccc([C@H]2[C@H](C(=O)NCc3cccnc3)OCC(=O)N2C)cc1. The summed E-state index contributed by atoms with van der Waals surface area (Å²) in [7, 11) is 1.71. The fourth-order valence-corrected chi connectivity index (χ4v) is 2.89. The first kappa shape index (κ1) is 17.1. The van der Waals surface area contributed by atoms with Crippen molar-refractivity contribution in [3.8, 4) is 0 Å². The molecular formula is C19H21N3O3. The summed E-state index contributed by atoms with van der Waals surface area (Å²) in [6.07, 6.45) is 2.64. The van der Waals surface area contributed by atoms with E-state index in [2.05, 4.69) is 10.3 Å². The lowest BCUT2D eigenvalue weighted by atomic mass is 9.96. The molecule has 3 rings (SSSR count). The second-order valence-electron chi connectivity index (χ2n) is 6.17. The van der Waals surface area contributed by atoms with Crippen LogP contribution in [-0.2, 0) is 20.9 Å². The minimum Gasteiger partial charge on any atom is -0.356 e. The van der Waals surface area contributed by atoms with E-state index in [-0.39, 0.29) is 18.4 Å². The Morgan fingerprint density at radius 2 is 2.08 bits per heavy atom. The van der Waals surface area contributed by atoms with Crippen LogP contribution in [0.1, 0.15) is 22.7 Å². The minimum absolute atomic E-state index is 0.0934. The number of carbonyl (C=O) groups excluding carboxylic acids is 2. The number of aromatic nitrogens is 1. The molecule has 0 unspecified atom stereocenters. The first-order valence-electron chi connectivity index (χ1n) is 8.16. The van der Waals surface area contributed by atoms with Crippen LogP contribution in [-0.4, -0.2) is 41.5 Å². The summed E-state index contributed by atoms with van der Waals surface area (Å²) >= 11 is 0. The van der Waals surface area contributed by atoms with Crippen LogP contribution in [0.2, 0.25) is 0 Å². The zero-order valence-electron chi connectivity index (χ0n) is 14.3. The number of carbonyl (C=O) groups is 2. The number of aryl methyl sites for hydroxylation is 1. The largest absolute Gasteiger partial charge is 0.356 e. The third-order valence-corrected chi connectivity index (χ3v) is 4.35. The normalized spacial score (nSPS) is 20.4. The van der Waals surface area contributed by atoms with Crippen molar-refractivity contribution in [2.75, 3.05) is 13.7 Å². The van der Waals surface area contributed by atoms with Gasteiger partial charge in [-0.3, -0.25) is 14.6 Å². The third kappa shape index (κ3) is 3.85. The molecule has 0 aliphatic carbocycles. The van der Waals surface area contributed by atoms with Crippen molar-refractivity contribution in [1.29, 1.82) is 0 Å². The Morgan fingerprint density at radius 1 is 1.32 bits per heavy atom. The molecule has 2 aromatic rings. The number of morpholine rings is 1. The van der Waals surface area contributed by atoms with E-state index in [1.807, 2.05) is 43.3 Å². The maximum atomic E-state index is 12.7. The molecule has 2 amide bonds. The van der Waals surface area contributed by atoms with Gasteiger partial charge in [0, 0.05) is 26.0 Å². The number of nitrogens with one attached hydrogen (secondary N) is 1. The van der Waals surface area contributed by atoms with Crippen LogP contribution in [0, 0.1) is 6.92 Å². The molecule has 1 aromatic carbocycles. The highest BCUT2D eigenvalue weighted by molar-refractivity contribution is 5.86. The van der Waals surface area contributed by atoms with Gasteiger partial charge in [0.25, 0.3) is 5.91 Å². The van der Waals surface area contributed by atoms with Gasteiger partial charge in [0.2, 0.25) is 5.91 Å². The number of pyridine rings is 1. The van der Waals surface area contributed by atoms with Crippen molar-refractivity contribution in [2.24, 2.45) is 0 Å². The molecule has 2 atom stereocenters. The van der Waals surface area contributed by atoms with Crippen molar-refractivity contribution in [3.05, 3.63) is 65.5 Å². The van der Waals surface area contributed by atoms with Crippen LogP contribution in [0.5, 0.6) is 0 Å². The second kappa shape index (κ2) is 7.44. The Bertz CT molecular complexity index is 746. The van der Waals surface area contributed by atoms with Gasteiger partial charge in [0.05, 0.1) is 6.04 Å². The molecule has 130 valence electrons. The van der Waals surface area contributed by atoms with Crippen LogP contribution in [0.3, 0.4) is 0 Å². The van der Waals surface area contributed by atoms with Gasteiger partial charge in [-0.15, -0.1) is 0 Å². The van der Waals surface area contributed by atoms with E-state index in [1.54, 1.807) is 24.3 Å². The van der Waals surface area contributed by atoms with E-state index in [4.69, 9.17) is 4.74 Å². The van der Waals surface area contributed by atoms with Crippen molar-refractivity contribution >= 4 is 11.8 Å². The highest BCUT2D eigenvalue weighted by atomic mass is 16.5. The van der Waals surface area contributed by atoms with E-state index in [1.165, 1.54) is 0 Å². The number of hydrogen-bond donors (Lipinski definition) is 1. The van der Waals surface area contributed by atoms with Crippen LogP contribution in [0.4, 0.5) is 0 Å². The van der Waals surface area contributed by atoms with Gasteiger partial charge in [-0.1, -0.05) is 35.9 Å². The molecule has 0 saturated carbocycles. The Balaban J connectivity index is 1.78. The summed E-state index contributed by atoms with van der Waals surface area (Å²) in [5.74, 6) is -0.379. The molecule has 1 aliphatic rings. The highest BCUT2D eigenvalue weighted by Gasteiger charge is 2.39. The number of ether oxygens (including phenoxy) is 1. The molecule has 1 fully saturated rings. The van der Waals surface area contributed by atoms with Crippen LogP contribution < -0.4 is 5.32 Å². The van der Waals surface area contributed by atoms with Crippen molar-refractivity contribution in [3.63, 3.8) is 0 Å². The van der Waals surface area contributed by atoms with E-state index in [0.717, 1.165) is 16.7 Å². The van der Waals surface area contributed by atoms with Gasteiger partial charge in [0.15, 0.2) is 6.10 Å². The maximum Gasteiger partial charge on any atom is 0.251 e. The van der Waals surface area contributed by atoms with E-state index in [9.17, 15) is 9.59 Å². The molecule has 0 bridgehead atoms. The van der Waals surface area contributed by atoms with Gasteiger partial charge >= 0.3 is 0 Å². The average molecular weight is 339 g/mol. The number of amides is 2. The highest BCUT2D eigenvalue weighted by Crippen LogP contribution is 2.29. The Labute approximate surface area is 146 Å². The lowest BCUT2D eigenvalue weighted by Gasteiger charge is -2.38. The maximum absolute atomic E-state index is 12.7. The molecule has 0 spiro atoms. The summed E-state index contributed by atoms with van der Waals surface area (Å²) in [5.41, 5.74) is 2.90. The van der Waals surface area contributed by atoms with E-state index >= 15 is 0 Å². The van der Waals surface area contributed by atoms with Crippen molar-refractivity contribution in [2.45, 2.75) is 25.6 Å². The summed E-state index contributed by atoms with van der Waals surface area (Å²) in [4.78, 5) is 30.4. The number of rotatable bonds is 4. The first-order valence-corrected chi connectivity index (χ1v) is 8.16. The topological polar surface area (TPSA) is 71.5 Å².